The monoisotopic (exact) mass is 360 g/mol. The molecule has 0 bridgehead atoms. The summed E-state index contributed by atoms with van der Waals surface area (Å²) in [5, 5.41) is 0.308. The van der Waals surface area contributed by atoms with Crippen LogP contribution in [0.4, 0.5) is 0 Å². The number of allylic oxidation sites excluding steroid dienone is 2. The van der Waals surface area contributed by atoms with E-state index in [2.05, 4.69) is 26.0 Å². The first kappa shape index (κ1) is 20.1. The molecule has 0 saturated heterocycles. The van der Waals surface area contributed by atoms with Gasteiger partial charge in [-0.25, -0.2) is 0 Å². The molecule has 138 valence electrons. The fourth-order valence-corrected chi connectivity index (χ4v) is 3.58. The molecule has 3 heteroatoms. The molecule has 1 aromatic rings. The number of hydrogen-bond acceptors (Lipinski definition) is 3. The molecule has 1 saturated carbocycles. The van der Waals surface area contributed by atoms with Crippen molar-refractivity contribution in [1.82, 2.24) is 0 Å². The second-order valence-corrected chi connectivity index (χ2v) is 8.30. The van der Waals surface area contributed by atoms with Crippen molar-refractivity contribution in [2.45, 2.75) is 71.0 Å². The Bertz CT molecular complexity index is 542. The molecule has 0 amide bonds. The maximum Gasteiger partial charge on any atom is 0.189 e. The van der Waals surface area contributed by atoms with Crippen LogP contribution >= 0.6 is 11.8 Å². The van der Waals surface area contributed by atoms with Crippen LogP contribution in [0.2, 0.25) is 0 Å². The Hall–Kier alpha value is -1.22. The summed E-state index contributed by atoms with van der Waals surface area (Å²) in [4.78, 5) is 12.0. The average Bonchev–Trinajstić information content (AvgIpc) is 2.55. The van der Waals surface area contributed by atoms with E-state index in [0.29, 0.717) is 17.5 Å². The maximum absolute atomic E-state index is 12.0. The molecule has 0 heterocycles. The molecule has 25 heavy (non-hydrogen) atoms. The highest BCUT2D eigenvalue weighted by atomic mass is 32.2. The lowest BCUT2D eigenvalue weighted by atomic mass is 9.90. The van der Waals surface area contributed by atoms with Gasteiger partial charge in [-0.2, -0.15) is 0 Å². The Labute approximate surface area is 157 Å². The summed E-state index contributed by atoms with van der Waals surface area (Å²) in [6.07, 6.45) is 8.54. The van der Waals surface area contributed by atoms with E-state index in [1.807, 2.05) is 18.2 Å². The summed E-state index contributed by atoms with van der Waals surface area (Å²) in [6, 6.07) is 10.2. The summed E-state index contributed by atoms with van der Waals surface area (Å²) < 4.78 is 6.06. The van der Waals surface area contributed by atoms with Gasteiger partial charge in [-0.3, -0.25) is 4.79 Å². The zero-order valence-electron chi connectivity index (χ0n) is 15.8. The normalized spacial score (nSPS) is 13.6. The Morgan fingerprint density at radius 1 is 1.12 bits per heavy atom. The van der Waals surface area contributed by atoms with Crippen LogP contribution in [0.25, 0.3) is 0 Å². The molecule has 0 aliphatic heterocycles. The highest BCUT2D eigenvalue weighted by Crippen LogP contribution is 2.32. The van der Waals surface area contributed by atoms with Gasteiger partial charge in [0.15, 0.2) is 5.12 Å². The van der Waals surface area contributed by atoms with Gasteiger partial charge in [0.1, 0.15) is 0 Å². The number of benzene rings is 1. The summed E-state index contributed by atoms with van der Waals surface area (Å²) in [5.41, 5.74) is 2.74. The summed E-state index contributed by atoms with van der Waals surface area (Å²) >= 11 is 1.45. The lowest BCUT2D eigenvalue weighted by molar-refractivity contribution is -0.111. The number of thioether (sulfide) groups is 1. The third-order valence-electron chi connectivity index (χ3n) is 4.60. The Balaban J connectivity index is 1.62. The smallest absolute Gasteiger partial charge is 0.189 e. The maximum atomic E-state index is 12.0. The van der Waals surface area contributed by atoms with Crippen molar-refractivity contribution in [1.29, 1.82) is 0 Å². The molecular weight excluding hydrogens is 328 g/mol. The second-order valence-electron chi connectivity index (χ2n) is 7.26. The fourth-order valence-electron chi connectivity index (χ4n) is 2.77. The van der Waals surface area contributed by atoms with E-state index in [1.54, 1.807) is 0 Å². The highest BCUT2D eigenvalue weighted by Gasteiger charge is 2.16. The zero-order chi connectivity index (χ0) is 17.9. The number of unbranched alkanes of at least 4 members (excludes halogenated alkanes) is 1. The Morgan fingerprint density at radius 3 is 2.48 bits per heavy atom. The van der Waals surface area contributed by atoms with Crippen LogP contribution in [0.15, 0.2) is 41.7 Å². The largest absolute Gasteiger partial charge is 0.498 e. The second kappa shape index (κ2) is 11.4. The summed E-state index contributed by atoms with van der Waals surface area (Å²) in [7, 11) is 0. The van der Waals surface area contributed by atoms with E-state index < -0.39 is 0 Å². The molecule has 0 atom stereocenters. The lowest BCUT2D eigenvalue weighted by Gasteiger charge is -2.23. The molecule has 0 aromatic heterocycles. The van der Waals surface area contributed by atoms with Crippen LogP contribution in [0, 0.1) is 5.92 Å². The van der Waals surface area contributed by atoms with Gasteiger partial charge in [0.25, 0.3) is 0 Å². The van der Waals surface area contributed by atoms with Crippen LogP contribution in [0.1, 0.15) is 70.8 Å². The average molecular weight is 361 g/mol. The number of hydrogen-bond donors (Lipinski definition) is 0. The van der Waals surface area contributed by atoms with E-state index in [-0.39, 0.29) is 0 Å². The molecule has 1 fully saturated rings. The van der Waals surface area contributed by atoms with Gasteiger partial charge >= 0.3 is 0 Å². The molecule has 1 aromatic carbocycles. The van der Waals surface area contributed by atoms with E-state index in [0.717, 1.165) is 38.0 Å². The van der Waals surface area contributed by atoms with E-state index in [9.17, 15) is 4.79 Å². The van der Waals surface area contributed by atoms with Gasteiger partial charge in [-0.15, -0.1) is 0 Å². The van der Waals surface area contributed by atoms with E-state index in [1.165, 1.54) is 47.9 Å². The number of ether oxygens (including phenoxy) is 1. The predicted molar refractivity (Wildman–Crippen MR) is 107 cm³/mol. The number of rotatable bonds is 11. The van der Waals surface area contributed by atoms with Crippen molar-refractivity contribution >= 4 is 16.9 Å². The first-order valence-corrected chi connectivity index (χ1v) is 10.7. The Kier molecular flexibility index (Phi) is 9.17. The number of carbonyl (C=O) groups is 1. The molecular formula is C22H32O2S. The van der Waals surface area contributed by atoms with Crippen LogP contribution < -0.4 is 0 Å². The van der Waals surface area contributed by atoms with Gasteiger partial charge in [-0.05, 0) is 55.6 Å². The quantitative estimate of drug-likeness (QED) is 0.332. The van der Waals surface area contributed by atoms with E-state index in [4.69, 9.17) is 4.74 Å². The molecule has 1 aliphatic carbocycles. The lowest BCUT2D eigenvalue weighted by Crippen LogP contribution is -2.07. The first-order chi connectivity index (χ1) is 12.1. The number of carbonyl (C=O) groups excluding carboxylic acids is 1. The van der Waals surface area contributed by atoms with Gasteiger partial charge in [0.05, 0.1) is 12.4 Å². The van der Waals surface area contributed by atoms with Crippen molar-refractivity contribution in [2.24, 2.45) is 5.92 Å². The molecule has 2 rings (SSSR count). The zero-order valence-corrected chi connectivity index (χ0v) is 16.6. The molecule has 0 radical (unpaired) electrons. The van der Waals surface area contributed by atoms with Crippen molar-refractivity contribution in [3.8, 4) is 0 Å². The SMILES string of the molecule is CC(C)CCOC(CCCCC(=O)SCc1ccccc1)=C1CCC1. The van der Waals surface area contributed by atoms with Crippen LogP contribution in [0.5, 0.6) is 0 Å². The molecule has 1 aliphatic rings. The molecule has 0 N–H and O–H groups in total. The van der Waals surface area contributed by atoms with Crippen molar-refractivity contribution < 1.29 is 9.53 Å². The van der Waals surface area contributed by atoms with Crippen molar-refractivity contribution in [3.05, 3.63) is 47.2 Å². The predicted octanol–water partition coefficient (Wildman–Crippen LogP) is 6.51. The molecule has 2 nitrogen and oxygen atoms in total. The van der Waals surface area contributed by atoms with Gasteiger partial charge < -0.3 is 4.74 Å². The van der Waals surface area contributed by atoms with Crippen LogP contribution in [-0.2, 0) is 15.3 Å². The van der Waals surface area contributed by atoms with Crippen molar-refractivity contribution in [2.75, 3.05) is 6.61 Å². The minimum Gasteiger partial charge on any atom is -0.498 e. The minimum atomic E-state index is 0.308. The van der Waals surface area contributed by atoms with Gasteiger partial charge in [-0.1, -0.05) is 55.9 Å². The topological polar surface area (TPSA) is 26.3 Å². The fraction of sp³-hybridized carbons (Fsp3) is 0.591. The first-order valence-electron chi connectivity index (χ1n) is 9.68. The van der Waals surface area contributed by atoms with Crippen LogP contribution in [-0.4, -0.2) is 11.7 Å². The van der Waals surface area contributed by atoms with E-state index >= 15 is 0 Å². The third kappa shape index (κ3) is 8.13. The Morgan fingerprint density at radius 2 is 1.84 bits per heavy atom. The van der Waals surface area contributed by atoms with Crippen LogP contribution in [0.3, 0.4) is 0 Å². The standard InChI is InChI=1S/C22H32O2S/c1-18(2)15-16-24-21(20-11-8-12-20)13-6-7-14-22(23)25-17-19-9-4-3-5-10-19/h3-5,9-10,18H,6-8,11-17H2,1-2H3. The highest BCUT2D eigenvalue weighted by molar-refractivity contribution is 8.12. The summed E-state index contributed by atoms with van der Waals surface area (Å²) in [6.45, 7) is 5.30. The molecule has 0 spiro atoms. The third-order valence-corrected chi connectivity index (χ3v) is 5.60. The minimum absolute atomic E-state index is 0.308. The van der Waals surface area contributed by atoms with Crippen molar-refractivity contribution in [3.63, 3.8) is 0 Å². The summed E-state index contributed by atoms with van der Waals surface area (Å²) in [5.74, 6) is 2.70. The van der Waals surface area contributed by atoms with Gasteiger partial charge in [0.2, 0.25) is 0 Å². The van der Waals surface area contributed by atoms with Gasteiger partial charge in [0, 0.05) is 18.6 Å². The molecule has 0 unspecified atom stereocenters.